The molecule has 22 heavy (non-hydrogen) atoms. The number of aryl methyl sites for hydroxylation is 1. The topological polar surface area (TPSA) is 78.0 Å². The third kappa shape index (κ3) is 2.35. The summed E-state index contributed by atoms with van der Waals surface area (Å²) in [7, 11) is 0. The van der Waals surface area contributed by atoms with Gasteiger partial charge in [0, 0.05) is 11.6 Å². The summed E-state index contributed by atoms with van der Waals surface area (Å²) < 4.78 is 1.51. The van der Waals surface area contributed by atoms with Crippen LogP contribution in [-0.4, -0.2) is 20.4 Å². The number of nitro benzene ring substituents is 1. The molecule has 0 aliphatic carbocycles. The molecule has 0 saturated carbocycles. The Kier molecular flexibility index (Phi) is 3.42. The zero-order valence-electron chi connectivity index (χ0n) is 11.9. The quantitative estimate of drug-likeness (QED) is 0.549. The molecule has 0 aliphatic heterocycles. The normalized spacial score (nSPS) is 10.8. The van der Waals surface area contributed by atoms with Gasteiger partial charge in [-0.25, -0.2) is 4.98 Å². The number of imidazole rings is 1. The van der Waals surface area contributed by atoms with E-state index in [1.807, 2.05) is 24.3 Å². The summed E-state index contributed by atoms with van der Waals surface area (Å²) in [4.78, 5) is 27.5. The predicted molar refractivity (Wildman–Crippen MR) is 81.9 cm³/mol. The predicted octanol–water partition coefficient (Wildman–Crippen LogP) is 3.14. The van der Waals surface area contributed by atoms with Gasteiger partial charge in [-0.1, -0.05) is 30.3 Å². The zero-order chi connectivity index (χ0) is 15.7. The third-order valence-electron chi connectivity index (χ3n) is 3.51. The fraction of sp³-hybridized carbons (Fsp3) is 0.125. The van der Waals surface area contributed by atoms with Gasteiger partial charge in [-0.2, -0.15) is 0 Å². The molecule has 0 spiro atoms. The lowest BCUT2D eigenvalue weighted by Crippen LogP contribution is -2.15. The zero-order valence-corrected chi connectivity index (χ0v) is 11.9. The first-order valence-electron chi connectivity index (χ1n) is 6.77. The van der Waals surface area contributed by atoms with Crippen LogP contribution in [0.25, 0.3) is 11.0 Å². The standard InChI is InChI=1S/C16H13N3O3/c1-11-17-13-7-3-5-9-15(13)18(11)16(20)10-12-6-2-4-8-14(12)19(21)22/h2-9H,10H2,1H3. The maximum absolute atomic E-state index is 12.6. The lowest BCUT2D eigenvalue weighted by Gasteiger charge is -2.06. The van der Waals surface area contributed by atoms with E-state index < -0.39 is 4.92 Å². The number of para-hydroxylation sites is 3. The molecule has 0 radical (unpaired) electrons. The van der Waals surface area contributed by atoms with Crippen molar-refractivity contribution in [1.82, 2.24) is 9.55 Å². The Morgan fingerprint density at radius 1 is 1.18 bits per heavy atom. The second-order valence-corrected chi connectivity index (χ2v) is 4.94. The molecule has 3 rings (SSSR count). The van der Waals surface area contributed by atoms with E-state index in [4.69, 9.17) is 0 Å². The van der Waals surface area contributed by atoms with Crippen LogP contribution in [-0.2, 0) is 6.42 Å². The smallest absolute Gasteiger partial charge is 0.273 e. The van der Waals surface area contributed by atoms with E-state index >= 15 is 0 Å². The van der Waals surface area contributed by atoms with Gasteiger partial charge in [0.15, 0.2) is 0 Å². The SMILES string of the molecule is Cc1nc2ccccc2n1C(=O)Cc1ccccc1[N+](=O)[O-]. The van der Waals surface area contributed by atoms with Crippen molar-refractivity contribution in [3.63, 3.8) is 0 Å². The summed E-state index contributed by atoms with van der Waals surface area (Å²) in [6.45, 7) is 1.75. The summed E-state index contributed by atoms with van der Waals surface area (Å²) in [6.07, 6.45) is -0.0433. The molecule has 6 heteroatoms. The molecule has 0 saturated heterocycles. The highest BCUT2D eigenvalue weighted by Gasteiger charge is 2.19. The monoisotopic (exact) mass is 295 g/mol. The van der Waals surface area contributed by atoms with Crippen molar-refractivity contribution in [2.24, 2.45) is 0 Å². The number of benzene rings is 2. The number of rotatable bonds is 3. The lowest BCUT2D eigenvalue weighted by atomic mass is 10.1. The van der Waals surface area contributed by atoms with Gasteiger partial charge in [0.25, 0.3) is 5.69 Å². The van der Waals surface area contributed by atoms with E-state index in [1.54, 1.807) is 25.1 Å². The van der Waals surface area contributed by atoms with Gasteiger partial charge >= 0.3 is 0 Å². The molecule has 3 aromatic rings. The molecule has 0 atom stereocenters. The van der Waals surface area contributed by atoms with Gasteiger partial charge in [-0.3, -0.25) is 19.5 Å². The molecule has 0 bridgehead atoms. The van der Waals surface area contributed by atoms with Crippen molar-refractivity contribution < 1.29 is 9.72 Å². The average Bonchev–Trinajstić information content (AvgIpc) is 2.83. The minimum atomic E-state index is -0.471. The highest BCUT2D eigenvalue weighted by molar-refractivity contribution is 5.92. The van der Waals surface area contributed by atoms with Crippen LogP contribution in [0.4, 0.5) is 5.69 Å². The molecule has 0 unspecified atom stereocenters. The van der Waals surface area contributed by atoms with Crippen LogP contribution in [0.15, 0.2) is 48.5 Å². The van der Waals surface area contributed by atoms with Crippen LogP contribution in [0.3, 0.4) is 0 Å². The van der Waals surface area contributed by atoms with Gasteiger partial charge in [-0.15, -0.1) is 0 Å². The minimum Gasteiger partial charge on any atom is -0.274 e. The number of nitrogens with zero attached hydrogens (tertiary/aromatic N) is 3. The fourth-order valence-electron chi connectivity index (χ4n) is 2.54. The third-order valence-corrected chi connectivity index (χ3v) is 3.51. The average molecular weight is 295 g/mol. The molecule has 2 aromatic carbocycles. The van der Waals surface area contributed by atoms with Crippen molar-refractivity contribution in [1.29, 1.82) is 0 Å². The Morgan fingerprint density at radius 3 is 2.64 bits per heavy atom. The van der Waals surface area contributed by atoms with Crippen molar-refractivity contribution >= 4 is 22.6 Å². The van der Waals surface area contributed by atoms with Crippen LogP contribution in [0.5, 0.6) is 0 Å². The van der Waals surface area contributed by atoms with Crippen LogP contribution >= 0.6 is 0 Å². The Bertz CT molecular complexity index is 883. The van der Waals surface area contributed by atoms with Crippen molar-refractivity contribution in [2.75, 3.05) is 0 Å². The number of carbonyl (C=O) groups is 1. The summed E-state index contributed by atoms with van der Waals surface area (Å²) in [5.74, 6) is 0.338. The van der Waals surface area contributed by atoms with Crippen LogP contribution in [0.2, 0.25) is 0 Å². The largest absolute Gasteiger partial charge is 0.274 e. The molecular formula is C16H13N3O3. The Hall–Kier alpha value is -3.02. The molecule has 1 heterocycles. The summed E-state index contributed by atoms with van der Waals surface area (Å²) in [5, 5.41) is 11.0. The van der Waals surface area contributed by atoms with Gasteiger partial charge in [0.2, 0.25) is 5.91 Å². The maximum atomic E-state index is 12.6. The van der Waals surface area contributed by atoms with Gasteiger partial charge in [0.05, 0.1) is 22.4 Å². The molecule has 0 aliphatic rings. The Morgan fingerprint density at radius 2 is 1.86 bits per heavy atom. The van der Waals surface area contributed by atoms with Crippen molar-refractivity contribution in [3.05, 3.63) is 70.0 Å². The summed E-state index contributed by atoms with van der Waals surface area (Å²) in [5.41, 5.74) is 1.80. The van der Waals surface area contributed by atoms with Crippen LogP contribution in [0.1, 0.15) is 16.2 Å². The molecule has 0 fully saturated rings. The van der Waals surface area contributed by atoms with Crippen molar-refractivity contribution in [3.8, 4) is 0 Å². The van der Waals surface area contributed by atoms with Crippen LogP contribution < -0.4 is 0 Å². The number of aromatic nitrogens is 2. The van der Waals surface area contributed by atoms with E-state index in [0.717, 1.165) is 5.52 Å². The van der Waals surface area contributed by atoms with Gasteiger partial charge < -0.3 is 0 Å². The Labute approximate surface area is 126 Å². The van der Waals surface area contributed by atoms with Gasteiger partial charge in [-0.05, 0) is 19.1 Å². The highest BCUT2D eigenvalue weighted by Crippen LogP contribution is 2.21. The fourth-order valence-corrected chi connectivity index (χ4v) is 2.54. The second-order valence-electron chi connectivity index (χ2n) is 4.94. The first kappa shape index (κ1) is 13.9. The number of hydrogen-bond acceptors (Lipinski definition) is 4. The molecule has 0 N–H and O–H groups in total. The number of fused-ring (bicyclic) bond motifs is 1. The first-order valence-corrected chi connectivity index (χ1v) is 6.77. The highest BCUT2D eigenvalue weighted by atomic mass is 16.6. The number of hydrogen-bond donors (Lipinski definition) is 0. The van der Waals surface area contributed by atoms with Crippen molar-refractivity contribution in [2.45, 2.75) is 13.3 Å². The Balaban J connectivity index is 2.01. The first-order chi connectivity index (χ1) is 10.6. The van der Waals surface area contributed by atoms with E-state index in [0.29, 0.717) is 16.9 Å². The van der Waals surface area contributed by atoms with E-state index in [2.05, 4.69) is 4.98 Å². The molecule has 110 valence electrons. The van der Waals surface area contributed by atoms with E-state index in [1.165, 1.54) is 10.6 Å². The summed E-state index contributed by atoms with van der Waals surface area (Å²) in [6, 6.07) is 13.6. The summed E-state index contributed by atoms with van der Waals surface area (Å²) >= 11 is 0. The van der Waals surface area contributed by atoms with Crippen LogP contribution in [0, 0.1) is 17.0 Å². The van der Waals surface area contributed by atoms with E-state index in [9.17, 15) is 14.9 Å². The molecule has 0 amide bonds. The molecule has 1 aromatic heterocycles. The second kappa shape index (κ2) is 5.40. The molecular weight excluding hydrogens is 282 g/mol. The number of nitro groups is 1. The molecule has 6 nitrogen and oxygen atoms in total. The minimum absolute atomic E-state index is 0.0433. The van der Waals surface area contributed by atoms with E-state index in [-0.39, 0.29) is 18.0 Å². The van der Waals surface area contributed by atoms with Gasteiger partial charge in [0.1, 0.15) is 5.82 Å². The number of carbonyl (C=O) groups excluding carboxylic acids is 1. The lowest BCUT2D eigenvalue weighted by molar-refractivity contribution is -0.385. The maximum Gasteiger partial charge on any atom is 0.273 e.